The molecule has 59 heavy (non-hydrogen) atoms. The molecule has 0 bridgehead atoms. The first-order valence-corrected chi connectivity index (χ1v) is 25.0. The molecule has 0 heterocycles. The zero-order valence-electron chi connectivity index (χ0n) is 38.8. The van der Waals surface area contributed by atoms with Gasteiger partial charge in [0.2, 0.25) is 10.9 Å². The van der Waals surface area contributed by atoms with E-state index in [1.54, 1.807) is 0 Å². The Hall–Kier alpha value is -2.55. The van der Waals surface area contributed by atoms with Gasteiger partial charge >= 0.3 is 11.9 Å². The number of esters is 2. The molecule has 0 aliphatic carbocycles. The molecule has 0 aromatic heterocycles. The molecule has 342 valence electrons. The number of unbranched alkanes of at least 4 members (excludes halogenated alkanes) is 21. The molecule has 0 saturated heterocycles. The van der Waals surface area contributed by atoms with E-state index in [0.717, 1.165) is 141 Å². The molecule has 1 rings (SSSR count). The monoisotopic (exact) mass is 830 g/mol. The van der Waals surface area contributed by atoms with Crippen LogP contribution in [0, 0.1) is 5.41 Å². The van der Waals surface area contributed by atoms with Crippen molar-refractivity contribution < 1.29 is 19.1 Å². The number of nitrogens with one attached hydrogen (secondary N) is 2. The first-order chi connectivity index (χ1) is 28.8. The summed E-state index contributed by atoms with van der Waals surface area (Å²) in [4.78, 5) is 51.4. The number of carbonyl (C=O) groups excluding carboxylic acids is 2. The van der Waals surface area contributed by atoms with Crippen molar-refractivity contribution in [2.24, 2.45) is 0 Å². The lowest BCUT2D eigenvalue weighted by molar-refractivity contribution is -0.150. The molecular formula is C50H91N3O6. The number of carbonyl (C=O) groups is 2. The fourth-order valence-electron chi connectivity index (χ4n) is 8.05. The van der Waals surface area contributed by atoms with Crippen molar-refractivity contribution in [1.82, 2.24) is 4.90 Å². The molecule has 9 nitrogen and oxygen atoms in total. The summed E-state index contributed by atoms with van der Waals surface area (Å²) in [5.41, 5.74) is -0.623. The van der Waals surface area contributed by atoms with Gasteiger partial charge in [0.1, 0.15) is 12.2 Å². The van der Waals surface area contributed by atoms with E-state index in [9.17, 15) is 19.2 Å². The van der Waals surface area contributed by atoms with Gasteiger partial charge in [0, 0.05) is 25.6 Å². The number of rotatable bonds is 44. The molecule has 1 unspecified atom stereocenters. The van der Waals surface area contributed by atoms with Crippen LogP contribution in [0.4, 0.5) is 5.69 Å². The van der Waals surface area contributed by atoms with Crippen LogP contribution in [-0.4, -0.2) is 61.4 Å². The first-order valence-electron chi connectivity index (χ1n) is 25.0. The molecule has 0 amide bonds. The summed E-state index contributed by atoms with van der Waals surface area (Å²) in [6.07, 6.45) is 37.3. The van der Waals surface area contributed by atoms with Crippen molar-refractivity contribution in [2.45, 2.75) is 252 Å². The van der Waals surface area contributed by atoms with E-state index >= 15 is 0 Å². The van der Waals surface area contributed by atoms with E-state index in [-0.39, 0.29) is 35.4 Å². The third-order valence-corrected chi connectivity index (χ3v) is 11.9. The zero-order chi connectivity index (χ0) is 43.2. The van der Waals surface area contributed by atoms with Crippen molar-refractivity contribution in [2.75, 3.05) is 31.5 Å². The van der Waals surface area contributed by atoms with Gasteiger partial charge in [-0.2, -0.15) is 0 Å². The molecule has 1 atom stereocenters. The highest BCUT2D eigenvalue weighted by Gasteiger charge is 2.19. The Labute approximate surface area is 361 Å². The summed E-state index contributed by atoms with van der Waals surface area (Å²) in [6, 6.07) is 0. The Morgan fingerprint density at radius 3 is 1.37 bits per heavy atom. The summed E-state index contributed by atoms with van der Waals surface area (Å²) >= 11 is 0. The largest absolute Gasteiger partial charge is 0.462 e. The van der Waals surface area contributed by atoms with Crippen LogP contribution in [0.1, 0.15) is 245 Å². The smallest absolute Gasteiger partial charge is 0.306 e. The zero-order valence-corrected chi connectivity index (χ0v) is 38.8. The Bertz CT molecular complexity index is 1230. The van der Waals surface area contributed by atoms with Crippen LogP contribution in [-0.2, 0) is 19.1 Å². The molecule has 0 aliphatic heterocycles. The van der Waals surface area contributed by atoms with Gasteiger partial charge in [-0.3, -0.25) is 19.2 Å². The molecule has 9 heteroatoms. The predicted octanol–water partition coefficient (Wildman–Crippen LogP) is 12.8. The Kier molecular flexibility index (Phi) is 35.4. The minimum Gasteiger partial charge on any atom is -0.462 e. The molecule has 0 fully saturated rings. The van der Waals surface area contributed by atoms with Crippen LogP contribution in [0.5, 0.6) is 0 Å². The lowest BCUT2D eigenvalue weighted by Crippen LogP contribution is -2.39. The van der Waals surface area contributed by atoms with E-state index in [0.29, 0.717) is 19.4 Å². The summed E-state index contributed by atoms with van der Waals surface area (Å²) in [6.45, 7) is 12.3. The van der Waals surface area contributed by atoms with Gasteiger partial charge in [-0.05, 0) is 96.7 Å². The third kappa shape index (κ3) is 28.6. The number of anilines is 1. The minimum atomic E-state index is -0.572. The van der Waals surface area contributed by atoms with Crippen LogP contribution in [0.2, 0.25) is 0 Å². The highest BCUT2D eigenvalue weighted by Crippen LogP contribution is 2.19. The molecule has 0 saturated carbocycles. The van der Waals surface area contributed by atoms with Gasteiger partial charge in [0.15, 0.2) is 0 Å². The second-order valence-electron chi connectivity index (χ2n) is 17.3. The summed E-state index contributed by atoms with van der Waals surface area (Å²) in [5, 5.41) is 10.5. The Morgan fingerprint density at radius 1 is 0.525 bits per heavy atom. The topological polar surface area (TPSA) is 126 Å². The van der Waals surface area contributed by atoms with Crippen LogP contribution in [0.3, 0.4) is 0 Å². The summed E-state index contributed by atoms with van der Waals surface area (Å²) in [5.74, 6) is -0.0584. The molecule has 1 aromatic rings. The van der Waals surface area contributed by atoms with Crippen molar-refractivity contribution in [1.29, 1.82) is 5.41 Å². The predicted molar refractivity (Wildman–Crippen MR) is 249 cm³/mol. The quantitative estimate of drug-likeness (QED) is 0.0288. The van der Waals surface area contributed by atoms with E-state index in [4.69, 9.17) is 14.9 Å². The average Bonchev–Trinajstić information content (AvgIpc) is 3.23. The summed E-state index contributed by atoms with van der Waals surface area (Å²) < 4.78 is 11.8. The van der Waals surface area contributed by atoms with Crippen molar-refractivity contribution in [3.8, 4) is 0 Å². The maximum atomic E-state index is 12.8. The molecule has 0 radical (unpaired) electrons. The number of hydrogen-bond donors (Lipinski definition) is 2. The molecule has 1 aromatic carbocycles. The number of nitrogens with zero attached hydrogens (tertiary/aromatic N) is 1. The highest BCUT2D eigenvalue weighted by atomic mass is 16.5. The van der Waals surface area contributed by atoms with Crippen LogP contribution < -0.4 is 16.2 Å². The first kappa shape index (κ1) is 54.5. The standard InChI is InChI=1S/C50H91N3O6/c1-5-9-12-15-20-25-33-43(8-4)58-46(54)36-28-21-16-23-30-39-53(41-32-38-52-48-45(42-51)49(56)50(48)57)40-31-24-17-22-29-37-47(55)59-44(34-26-18-13-10-6-2)35-27-19-14-11-7-3/h42-44,51-52H,5-41H2,1-4H3. The fourth-order valence-corrected chi connectivity index (χ4v) is 8.05. The molecule has 0 spiro atoms. The lowest BCUT2D eigenvalue weighted by atomic mass is 10.0. The van der Waals surface area contributed by atoms with Gasteiger partial charge in [-0.15, -0.1) is 0 Å². The van der Waals surface area contributed by atoms with Gasteiger partial charge in [0.25, 0.3) is 0 Å². The average molecular weight is 830 g/mol. The minimum absolute atomic E-state index is 0.0164. The molecule has 0 aliphatic rings. The molecule has 2 N–H and O–H groups in total. The van der Waals surface area contributed by atoms with E-state index < -0.39 is 10.9 Å². The number of ether oxygens (including phenoxy) is 2. The Morgan fingerprint density at radius 2 is 0.915 bits per heavy atom. The Balaban J connectivity index is 2.40. The summed E-state index contributed by atoms with van der Waals surface area (Å²) in [7, 11) is 0. The maximum absolute atomic E-state index is 12.8. The van der Waals surface area contributed by atoms with Gasteiger partial charge in [0.05, 0.1) is 11.3 Å². The van der Waals surface area contributed by atoms with Crippen LogP contribution in [0.25, 0.3) is 0 Å². The maximum Gasteiger partial charge on any atom is 0.306 e. The van der Waals surface area contributed by atoms with Crippen LogP contribution >= 0.6 is 0 Å². The molecular weight excluding hydrogens is 739 g/mol. The van der Waals surface area contributed by atoms with Crippen LogP contribution in [0.15, 0.2) is 9.59 Å². The van der Waals surface area contributed by atoms with Gasteiger partial charge in [-0.1, -0.05) is 150 Å². The van der Waals surface area contributed by atoms with Gasteiger partial charge in [-0.25, -0.2) is 0 Å². The van der Waals surface area contributed by atoms with Crippen molar-refractivity contribution in [3.05, 3.63) is 26.0 Å². The lowest BCUT2D eigenvalue weighted by Gasteiger charge is -2.23. The SMILES string of the molecule is CCCCCCCCC(CC)OC(=O)CCCCCCCN(CCCCCCCC(=O)OC(CCCCCCC)CCCCCCC)CCCNc1c(C=N)c(=O)c1=O. The van der Waals surface area contributed by atoms with E-state index in [1.807, 2.05) is 0 Å². The second-order valence-corrected chi connectivity index (χ2v) is 17.3. The van der Waals surface area contributed by atoms with E-state index in [1.165, 1.54) is 83.5 Å². The van der Waals surface area contributed by atoms with E-state index in [2.05, 4.69) is 37.9 Å². The fraction of sp³-hybridized carbons (Fsp3) is 0.860. The van der Waals surface area contributed by atoms with Crippen molar-refractivity contribution in [3.63, 3.8) is 0 Å². The highest BCUT2D eigenvalue weighted by molar-refractivity contribution is 5.88. The third-order valence-electron chi connectivity index (χ3n) is 11.9. The second kappa shape index (κ2) is 38.4. The number of hydrogen-bond acceptors (Lipinski definition) is 9. The van der Waals surface area contributed by atoms with Crippen molar-refractivity contribution >= 4 is 23.8 Å². The normalized spacial score (nSPS) is 12.1. The van der Waals surface area contributed by atoms with Gasteiger partial charge < -0.3 is 25.1 Å².